The van der Waals surface area contributed by atoms with Crippen molar-refractivity contribution in [3.8, 4) is 17.6 Å². The lowest BCUT2D eigenvalue weighted by molar-refractivity contribution is -0.384. The van der Waals surface area contributed by atoms with Crippen LogP contribution in [0.5, 0.6) is 11.5 Å². The second kappa shape index (κ2) is 10.9. The zero-order chi connectivity index (χ0) is 23.8. The van der Waals surface area contributed by atoms with Gasteiger partial charge in [0.15, 0.2) is 11.5 Å². The third-order valence-corrected chi connectivity index (χ3v) is 5.06. The van der Waals surface area contributed by atoms with E-state index in [1.807, 2.05) is 30.3 Å². The van der Waals surface area contributed by atoms with Gasteiger partial charge in [0.1, 0.15) is 18.2 Å². The Labute approximate surface area is 198 Å². The van der Waals surface area contributed by atoms with Crippen LogP contribution in [-0.4, -0.2) is 17.9 Å². The van der Waals surface area contributed by atoms with Gasteiger partial charge in [-0.15, -0.1) is 0 Å². The highest BCUT2D eigenvalue weighted by Gasteiger charge is 2.15. The molecule has 9 heteroatoms. The van der Waals surface area contributed by atoms with Crippen LogP contribution in [-0.2, 0) is 11.4 Å². The molecule has 1 amide bonds. The Hall–Kier alpha value is -4.16. The maximum absolute atomic E-state index is 12.6. The number of carbonyl (C=O) groups is 1. The summed E-state index contributed by atoms with van der Waals surface area (Å²) < 4.78 is 12.3. The maximum atomic E-state index is 12.6. The van der Waals surface area contributed by atoms with Gasteiger partial charge >= 0.3 is 0 Å². The zero-order valence-electron chi connectivity index (χ0n) is 17.4. The predicted molar refractivity (Wildman–Crippen MR) is 127 cm³/mol. The number of halogens is 1. The van der Waals surface area contributed by atoms with Gasteiger partial charge in [-0.25, -0.2) is 0 Å². The number of para-hydroxylation sites is 1. The minimum Gasteiger partial charge on any atom is -0.493 e. The van der Waals surface area contributed by atoms with Gasteiger partial charge in [0.05, 0.1) is 12.0 Å². The van der Waals surface area contributed by atoms with E-state index in [0.29, 0.717) is 22.7 Å². The number of hydrogen-bond donors (Lipinski definition) is 1. The first kappa shape index (κ1) is 23.5. The number of methoxy groups -OCH3 is 1. The number of nitrogens with zero attached hydrogens (tertiary/aromatic N) is 2. The Morgan fingerprint density at radius 2 is 1.85 bits per heavy atom. The van der Waals surface area contributed by atoms with Crippen molar-refractivity contribution < 1.29 is 19.2 Å². The number of nitro benzene ring substituents is 1. The molecule has 166 valence electrons. The van der Waals surface area contributed by atoms with Gasteiger partial charge in [-0.05, 0) is 42.0 Å². The standard InChI is InChI=1S/C24H18BrN3O5/c1-32-22-4-2-3-17(23(22)33-15-16-5-7-19(25)8-6-16)13-18(14-26)24(29)27-20-9-11-21(12-10-20)28(30)31/h2-13H,15H2,1H3,(H,27,29)/b18-13-. The summed E-state index contributed by atoms with van der Waals surface area (Å²) in [5, 5.41) is 22.9. The molecule has 0 aliphatic rings. The van der Waals surface area contributed by atoms with Gasteiger partial charge in [0.25, 0.3) is 11.6 Å². The number of nitrogens with one attached hydrogen (secondary N) is 1. The molecule has 0 spiro atoms. The van der Waals surface area contributed by atoms with E-state index < -0.39 is 10.8 Å². The van der Waals surface area contributed by atoms with Gasteiger partial charge in [0.2, 0.25) is 0 Å². The number of amides is 1. The summed E-state index contributed by atoms with van der Waals surface area (Å²) in [5.41, 5.74) is 1.46. The quantitative estimate of drug-likeness (QED) is 0.186. The SMILES string of the molecule is COc1cccc(/C=C(/C#N)C(=O)Nc2ccc([N+](=O)[O-])cc2)c1OCc1ccc(Br)cc1. The molecular formula is C24H18BrN3O5. The fraction of sp³-hybridized carbons (Fsp3) is 0.0833. The van der Waals surface area contributed by atoms with E-state index in [2.05, 4.69) is 21.2 Å². The minimum absolute atomic E-state index is 0.104. The number of rotatable bonds is 8. The Bertz CT molecular complexity index is 1230. The van der Waals surface area contributed by atoms with Gasteiger partial charge in [-0.2, -0.15) is 5.26 Å². The van der Waals surface area contributed by atoms with E-state index in [9.17, 15) is 20.2 Å². The molecule has 0 aliphatic heterocycles. The number of non-ortho nitro benzene ring substituents is 1. The monoisotopic (exact) mass is 507 g/mol. The van der Waals surface area contributed by atoms with Crippen LogP contribution in [0.4, 0.5) is 11.4 Å². The van der Waals surface area contributed by atoms with Crippen molar-refractivity contribution in [3.63, 3.8) is 0 Å². The molecule has 0 aliphatic carbocycles. The van der Waals surface area contributed by atoms with Crippen molar-refractivity contribution in [2.45, 2.75) is 6.61 Å². The first-order valence-electron chi connectivity index (χ1n) is 9.63. The van der Waals surface area contributed by atoms with Crippen molar-refractivity contribution in [2.75, 3.05) is 12.4 Å². The molecule has 3 aromatic rings. The summed E-state index contributed by atoms with van der Waals surface area (Å²) in [7, 11) is 1.50. The largest absolute Gasteiger partial charge is 0.493 e. The summed E-state index contributed by atoms with van der Waals surface area (Å²) in [6.07, 6.45) is 1.40. The molecule has 0 aromatic heterocycles. The molecule has 0 atom stereocenters. The Kier molecular flexibility index (Phi) is 7.78. The van der Waals surface area contributed by atoms with Crippen LogP contribution in [0.3, 0.4) is 0 Å². The summed E-state index contributed by atoms with van der Waals surface area (Å²) in [6.45, 7) is 0.255. The van der Waals surface area contributed by atoms with Crippen molar-refractivity contribution >= 4 is 39.3 Å². The Morgan fingerprint density at radius 1 is 1.15 bits per heavy atom. The van der Waals surface area contributed by atoms with Gasteiger partial charge in [0, 0.05) is 27.9 Å². The summed E-state index contributed by atoms with van der Waals surface area (Å²) >= 11 is 3.39. The van der Waals surface area contributed by atoms with Gasteiger partial charge < -0.3 is 14.8 Å². The molecule has 0 unspecified atom stereocenters. The molecule has 33 heavy (non-hydrogen) atoms. The second-order valence-electron chi connectivity index (χ2n) is 6.72. The lowest BCUT2D eigenvalue weighted by atomic mass is 10.1. The number of hydrogen-bond acceptors (Lipinski definition) is 6. The third-order valence-electron chi connectivity index (χ3n) is 4.53. The zero-order valence-corrected chi connectivity index (χ0v) is 19.0. The van der Waals surface area contributed by atoms with Crippen LogP contribution in [0.2, 0.25) is 0 Å². The normalized spacial score (nSPS) is 10.8. The number of ether oxygens (including phenoxy) is 2. The van der Waals surface area contributed by atoms with Crippen LogP contribution in [0, 0.1) is 21.4 Å². The summed E-state index contributed by atoms with van der Waals surface area (Å²) in [4.78, 5) is 22.9. The van der Waals surface area contributed by atoms with Crippen molar-refractivity contribution in [1.82, 2.24) is 0 Å². The molecular weight excluding hydrogens is 490 g/mol. The van der Waals surface area contributed by atoms with E-state index in [1.54, 1.807) is 18.2 Å². The summed E-state index contributed by atoms with van der Waals surface area (Å²) in [6, 6.07) is 20.0. The van der Waals surface area contributed by atoms with Crippen molar-refractivity contribution in [2.24, 2.45) is 0 Å². The number of nitro groups is 1. The number of nitriles is 1. The molecule has 0 heterocycles. The highest BCUT2D eigenvalue weighted by molar-refractivity contribution is 9.10. The lowest BCUT2D eigenvalue weighted by Gasteiger charge is -2.14. The number of carbonyl (C=O) groups excluding carboxylic acids is 1. The molecule has 0 bridgehead atoms. The topological polar surface area (TPSA) is 114 Å². The first-order valence-corrected chi connectivity index (χ1v) is 10.4. The van der Waals surface area contributed by atoms with E-state index in [0.717, 1.165) is 10.0 Å². The molecule has 0 saturated carbocycles. The van der Waals surface area contributed by atoms with Crippen LogP contribution >= 0.6 is 15.9 Å². The molecule has 3 rings (SSSR count). The molecule has 1 N–H and O–H groups in total. The van der Waals surface area contributed by atoms with E-state index in [1.165, 1.54) is 37.5 Å². The molecule has 0 saturated heterocycles. The predicted octanol–water partition coefficient (Wildman–Crippen LogP) is 5.49. The van der Waals surface area contributed by atoms with Crippen molar-refractivity contribution in [1.29, 1.82) is 5.26 Å². The molecule has 0 fully saturated rings. The summed E-state index contributed by atoms with van der Waals surface area (Å²) in [5.74, 6) is 0.181. The van der Waals surface area contributed by atoms with Gasteiger partial charge in [-0.1, -0.05) is 40.2 Å². The lowest BCUT2D eigenvalue weighted by Crippen LogP contribution is -2.13. The molecule has 8 nitrogen and oxygen atoms in total. The van der Waals surface area contributed by atoms with Crippen LogP contribution in [0.25, 0.3) is 6.08 Å². The average Bonchev–Trinajstić information content (AvgIpc) is 2.82. The average molecular weight is 508 g/mol. The van der Waals surface area contributed by atoms with Crippen molar-refractivity contribution in [3.05, 3.63) is 98.0 Å². The minimum atomic E-state index is -0.659. The second-order valence-corrected chi connectivity index (χ2v) is 7.64. The fourth-order valence-corrected chi connectivity index (χ4v) is 3.13. The van der Waals surface area contributed by atoms with Gasteiger partial charge in [-0.3, -0.25) is 14.9 Å². The highest BCUT2D eigenvalue weighted by atomic mass is 79.9. The van der Waals surface area contributed by atoms with E-state index in [4.69, 9.17) is 9.47 Å². The maximum Gasteiger partial charge on any atom is 0.269 e. The smallest absolute Gasteiger partial charge is 0.269 e. The Balaban J connectivity index is 1.84. The van der Waals surface area contributed by atoms with E-state index in [-0.39, 0.29) is 17.9 Å². The molecule has 0 radical (unpaired) electrons. The number of benzene rings is 3. The third kappa shape index (κ3) is 6.18. The number of anilines is 1. The van der Waals surface area contributed by atoms with Crippen LogP contribution in [0.1, 0.15) is 11.1 Å². The highest BCUT2D eigenvalue weighted by Crippen LogP contribution is 2.33. The molecule has 3 aromatic carbocycles. The fourth-order valence-electron chi connectivity index (χ4n) is 2.87. The van der Waals surface area contributed by atoms with E-state index >= 15 is 0 Å². The Morgan fingerprint density at radius 3 is 2.45 bits per heavy atom. The van der Waals surface area contributed by atoms with Crippen LogP contribution < -0.4 is 14.8 Å². The van der Waals surface area contributed by atoms with Crippen LogP contribution in [0.15, 0.2) is 76.8 Å². The first-order chi connectivity index (χ1) is 15.9.